The van der Waals surface area contributed by atoms with E-state index >= 15 is 0 Å². The first-order chi connectivity index (χ1) is 14.9. The molecule has 0 radical (unpaired) electrons. The van der Waals surface area contributed by atoms with Gasteiger partial charge >= 0.3 is 0 Å². The summed E-state index contributed by atoms with van der Waals surface area (Å²) in [6, 6.07) is 7.37. The van der Waals surface area contributed by atoms with Crippen molar-refractivity contribution >= 4 is 33.8 Å². The Morgan fingerprint density at radius 2 is 1.72 bits per heavy atom. The highest BCUT2D eigenvalue weighted by Crippen LogP contribution is 2.44. The number of hydrogen-bond acceptors (Lipinski definition) is 4. The molecule has 0 saturated heterocycles. The van der Waals surface area contributed by atoms with E-state index in [1.807, 2.05) is 52.0 Å². The number of carbonyl (C=O) groups is 2. The van der Waals surface area contributed by atoms with E-state index in [1.165, 1.54) is 4.88 Å². The summed E-state index contributed by atoms with van der Waals surface area (Å²) in [5, 5.41) is 6.73. The molecule has 0 saturated carbocycles. The van der Waals surface area contributed by atoms with Crippen LogP contribution < -0.4 is 15.4 Å². The van der Waals surface area contributed by atoms with Crippen LogP contribution in [0.4, 0.5) is 10.7 Å². The largest absolute Gasteiger partial charge is 0.494 e. The number of carbonyl (C=O) groups excluding carboxylic acids is 2. The van der Waals surface area contributed by atoms with E-state index in [1.54, 1.807) is 11.3 Å². The monoisotopic (exact) mass is 456 g/mol. The first-order valence-electron chi connectivity index (χ1n) is 11.4. The lowest BCUT2D eigenvalue weighted by molar-refractivity contribution is -0.123. The summed E-state index contributed by atoms with van der Waals surface area (Å²) in [5.41, 5.74) is 2.07. The van der Waals surface area contributed by atoms with Gasteiger partial charge in [0, 0.05) is 16.0 Å². The van der Waals surface area contributed by atoms with Gasteiger partial charge in [-0.3, -0.25) is 9.59 Å². The van der Waals surface area contributed by atoms with Gasteiger partial charge in [0.1, 0.15) is 10.8 Å². The van der Waals surface area contributed by atoms with Crippen LogP contribution in [0, 0.1) is 16.7 Å². The Labute approximate surface area is 195 Å². The maximum atomic E-state index is 13.4. The molecule has 2 aromatic rings. The second-order valence-corrected chi connectivity index (χ2v) is 11.7. The van der Waals surface area contributed by atoms with Gasteiger partial charge in [-0.15, -0.1) is 11.3 Å². The van der Waals surface area contributed by atoms with E-state index in [0.717, 1.165) is 30.6 Å². The number of nitrogens with one attached hydrogen (secondary N) is 2. The molecule has 6 heteroatoms. The molecule has 1 heterocycles. The van der Waals surface area contributed by atoms with Crippen molar-refractivity contribution in [3.8, 4) is 5.75 Å². The Bertz CT molecular complexity index is 978. The molecule has 1 aliphatic carbocycles. The minimum Gasteiger partial charge on any atom is -0.494 e. The molecule has 174 valence electrons. The lowest BCUT2D eigenvalue weighted by Crippen LogP contribution is -2.28. The van der Waals surface area contributed by atoms with E-state index in [0.29, 0.717) is 28.8 Å². The Morgan fingerprint density at radius 3 is 2.28 bits per heavy atom. The number of rotatable bonds is 5. The zero-order valence-electron chi connectivity index (χ0n) is 20.3. The fraction of sp³-hybridized carbons (Fsp3) is 0.538. The smallest absolute Gasteiger partial charge is 0.258 e. The highest BCUT2D eigenvalue weighted by molar-refractivity contribution is 7.17. The van der Waals surface area contributed by atoms with E-state index in [2.05, 4.69) is 31.4 Å². The fourth-order valence-electron chi connectivity index (χ4n) is 3.94. The van der Waals surface area contributed by atoms with Crippen LogP contribution in [0.1, 0.15) is 75.7 Å². The first kappa shape index (κ1) is 24.3. The van der Waals surface area contributed by atoms with Gasteiger partial charge < -0.3 is 15.4 Å². The van der Waals surface area contributed by atoms with E-state index in [-0.39, 0.29) is 17.2 Å². The molecule has 1 unspecified atom stereocenters. The molecule has 1 aliphatic rings. The Morgan fingerprint density at radius 1 is 1.06 bits per heavy atom. The molecule has 1 atom stereocenters. The third-order valence-corrected chi connectivity index (χ3v) is 7.22. The van der Waals surface area contributed by atoms with Gasteiger partial charge in [0.2, 0.25) is 5.91 Å². The standard InChI is InChI=1S/C26H36N2O3S/c1-8-31-18-12-10-17(11-13-18)27-22(29)21-19-14-9-16(25(2,3)4)15-20(19)32-23(21)28-24(30)26(5,6)7/h10-13,16H,8-9,14-15H2,1-7H3,(H,27,29)(H,28,30). The fourth-order valence-corrected chi connectivity index (χ4v) is 5.26. The quantitative estimate of drug-likeness (QED) is 0.537. The molecule has 0 aliphatic heterocycles. The number of ether oxygens (including phenoxy) is 1. The molecule has 1 aromatic heterocycles. The van der Waals surface area contributed by atoms with Crippen molar-refractivity contribution in [3.63, 3.8) is 0 Å². The highest BCUT2D eigenvalue weighted by atomic mass is 32.1. The lowest BCUT2D eigenvalue weighted by Gasteiger charge is -2.33. The minimum absolute atomic E-state index is 0.0846. The summed E-state index contributed by atoms with van der Waals surface area (Å²) in [6.07, 6.45) is 2.84. The van der Waals surface area contributed by atoms with Crippen molar-refractivity contribution in [2.24, 2.45) is 16.7 Å². The molecule has 1 aromatic carbocycles. The van der Waals surface area contributed by atoms with Gasteiger partial charge in [-0.25, -0.2) is 0 Å². The van der Waals surface area contributed by atoms with Gasteiger partial charge in [-0.2, -0.15) is 0 Å². The normalized spacial score (nSPS) is 16.3. The molecule has 0 fully saturated rings. The van der Waals surface area contributed by atoms with Crippen LogP contribution in [0.15, 0.2) is 24.3 Å². The van der Waals surface area contributed by atoms with Crippen molar-refractivity contribution < 1.29 is 14.3 Å². The maximum absolute atomic E-state index is 13.4. The number of amides is 2. The Balaban J connectivity index is 1.92. The molecule has 32 heavy (non-hydrogen) atoms. The van der Waals surface area contributed by atoms with Crippen LogP contribution in [0.5, 0.6) is 5.75 Å². The van der Waals surface area contributed by atoms with Crippen molar-refractivity contribution in [1.82, 2.24) is 0 Å². The second-order valence-electron chi connectivity index (χ2n) is 10.6. The third kappa shape index (κ3) is 5.52. The van der Waals surface area contributed by atoms with Gasteiger partial charge in [0.25, 0.3) is 5.91 Å². The van der Waals surface area contributed by atoms with Gasteiger partial charge in [-0.05, 0) is 67.3 Å². The van der Waals surface area contributed by atoms with E-state index in [4.69, 9.17) is 4.74 Å². The average molecular weight is 457 g/mol. The summed E-state index contributed by atoms with van der Waals surface area (Å²) < 4.78 is 5.49. The van der Waals surface area contributed by atoms with Crippen LogP contribution in [0.2, 0.25) is 0 Å². The van der Waals surface area contributed by atoms with Crippen LogP contribution in [-0.2, 0) is 17.6 Å². The van der Waals surface area contributed by atoms with E-state index < -0.39 is 5.41 Å². The number of benzene rings is 1. The lowest BCUT2D eigenvalue weighted by atomic mass is 9.72. The predicted molar refractivity (Wildman–Crippen MR) is 133 cm³/mol. The molecule has 2 amide bonds. The molecule has 0 bridgehead atoms. The first-order valence-corrected chi connectivity index (χ1v) is 12.2. The average Bonchev–Trinajstić information content (AvgIpc) is 3.05. The van der Waals surface area contributed by atoms with Crippen molar-refractivity contribution in [2.45, 2.75) is 67.7 Å². The Hall–Kier alpha value is -2.34. The highest BCUT2D eigenvalue weighted by Gasteiger charge is 2.35. The van der Waals surface area contributed by atoms with Gasteiger partial charge in [0.05, 0.1) is 12.2 Å². The minimum atomic E-state index is -0.540. The molecular weight excluding hydrogens is 420 g/mol. The molecule has 0 spiro atoms. The molecule has 2 N–H and O–H groups in total. The van der Waals surface area contributed by atoms with Crippen molar-refractivity contribution in [2.75, 3.05) is 17.2 Å². The number of thiophene rings is 1. The summed E-state index contributed by atoms with van der Waals surface area (Å²) in [4.78, 5) is 27.4. The summed E-state index contributed by atoms with van der Waals surface area (Å²) in [7, 11) is 0. The van der Waals surface area contributed by atoms with E-state index in [9.17, 15) is 9.59 Å². The second kappa shape index (κ2) is 9.26. The predicted octanol–water partition coefficient (Wildman–Crippen LogP) is 6.53. The van der Waals surface area contributed by atoms with Crippen LogP contribution in [0.3, 0.4) is 0 Å². The topological polar surface area (TPSA) is 67.4 Å². The zero-order chi connectivity index (χ0) is 23.7. The third-order valence-electron chi connectivity index (χ3n) is 6.05. The summed E-state index contributed by atoms with van der Waals surface area (Å²) in [5.74, 6) is 1.07. The molecular formula is C26H36N2O3S. The summed E-state index contributed by atoms with van der Waals surface area (Å²) >= 11 is 1.56. The van der Waals surface area contributed by atoms with Gasteiger partial charge in [0.15, 0.2) is 0 Å². The van der Waals surface area contributed by atoms with Crippen LogP contribution in [-0.4, -0.2) is 18.4 Å². The number of hydrogen-bond donors (Lipinski definition) is 2. The molecule has 3 rings (SSSR count). The number of fused-ring (bicyclic) bond motifs is 1. The van der Waals surface area contributed by atoms with Crippen LogP contribution in [0.25, 0.3) is 0 Å². The van der Waals surface area contributed by atoms with Crippen molar-refractivity contribution in [1.29, 1.82) is 0 Å². The number of anilines is 2. The van der Waals surface area contributed by atoms with Crippen LogP contribution >= 0.6 is 11.3 Å². The molecule has 5 nitrogen and oxygen atoms in total. The van der Waals surface area contributed by atoms with Gasteiger partial charge in [-0.1, -0.05) is 41.5 Å². The summed E-state index contributed by atoms with van der Waals surface area (Å²) in [6.45, 7) is 15.0. The maximum Gasteiger partial charge on any atom is 0.258 e. The zero-order valence-corrected chi connectivity index (χ0v) is 21.2. The van der Waals surface area contributed by atoms with Crippen molar-refractivity contribution in [3.05, 3.63) is 40.3 Å². The SMILES string of the molecule is CCOc1ccc(NC(=O)c2c(NC(=O)C(C)(C)C)sc3c2CCC(C(C)(C)C)C3)cc1. The Kier molecular flexibility index (Phi) is 7.03.